The molecule has 1 aliphatic rings. The summed E-state index contributed by atoms with van der Waals surface area (Å²) in [6.45, 7) is 1.52. The molecule has 23 heavy (non-hydrogen) atoms. The molecular formula is C18H15N5. The van der Waals surface area contributed by atoms with Crippen LogP contribution in [0.4, 0.5) is 5.82 Å². The Kier molecular flexibility index (Phi) is 3.28. The summed E-state index contributed by atoms with van der Waals surface area (Å²) in [5.74, 6) is 1.02. The summed E-state index contributed by atoms with van der Waals surface area (Å²) >= 11 is 0. The van der Waals surface area contributed by atoms with Crippen LogP contribution in [-0.4, -0.2) is 21.5 Å². The first kappa shape index (κ1) is 13.5. The fourth-order valence-electron chi connectivity index (χ4n) is 3.10. The van der Waals surface area contributed by atoms with Gasteiger partial charge in [0.2, 0.25) is 0 Å². The lowest BCUT2D eigenvalue weighted by Crippen LogP contribution is -2.34. The molecule has 0 radical (unpaired) electrons. The van der Waals surface area contributed by atoms with E-state index in [1.807, 2.05) is 12.1 Å². The summed E-state index contributed by atoms with van der Waals surface area (Å²) in [5.41, 5.74) is 4.07. The van der Waals surface area contributed by atoms with Gasteiger partial charge in [0.05, 0.1) is 35.9 Å². The van der Waals surface area contributed by atoms with E-state index < -0.39 is 0 Å². The molecule has 5 heteroatoms. The van der Waals surface area contributed by atoms with Gasteiger partial charge in [0, 0.05) is 18.7 Å². The number of anilines is 1. The summed E-state index contributed by atoms with van der Waals surface area (Å²) in [6.07, 6.45) is 3.44. The van der Waals surface area contributed by atoms with Crippen LogP contribution < -0.4 is 4.90 Å². The summed E-state index contributed by atoms with van der Waals surface area (Å²) in [5, 5.41) is 9.10. The second-order valence-corrected chi connectivity index (χ2v) is 5.62. The quantitative estimate of drug-likeness (QED) is 0.790. The van der Waals surface area contributed by atoms with Crippen LogP contribution in [0.25, 0.3) is 0 Å². The van der Waals surface area contributed by atoms with Crippen LogP contribution >= 0.6 is 0 Å². The molecule has 1 aromatic carbocycles. The molecule has 2 aromatic heterocycles. The second-order valence-electron chi connectivity index (χ2n) is 5.62. The average Bonchev–Trinajstić information content (AvgIpc) is 3.10. The maximum absolute atomic E-state index is 9.10. The van der Waals surface area contributed by atoms with Gasteiger partial charge in [-0.05, 0) is 17.7 Å². The molecule has 0 saturated heterocycles. The minimum absolute atomic E-state index is 0.193. The number of aromatic nitrogens is 3. The zero-order valence-corrected chi connectivity index (χ0v) is 12.5. The zero-order chi connectivity index (χ0) is 15.6. The van der Waals surface area contributed by atoms with E-state index in [1.54, 1.807) is 18.6 Å². The highest BCUT2D eigenvalue weighted by Gasteiger charge is 2.29. The Morgan fingerprint density at radius 1 is 1.17 bits per heavy atom. The Hall–Kier alpha value is -3.13. The number of nitrogens with one attached hydrogen (secondary N) is 1. The first-order valence-corrected chi connectivity index (χ1v) is 7.53. The van der Waals surface area contributed by atoms with Crippen molar-refractivity contribution in [1.82, 2.24) is 15.0 Å². The van der Waals surface area contributed by atoms with E-state index in [1.165, 1.54) is 5.56 Å². The van der Waals surface area contributed by atoms with Gasteiger partial charge in [-0.25, -0.2) is 9.97 Å². The maximum atomic E-state index is 9.10. The number of hydrogen-bond acceptors (Lipinski definition) is 4. The number of benzene rings is 1. The van der Waals surface area contributed by atoms with Crippen molar-refractivity contribution in [3.05, 3.63) is 77.5 Å². The van der Waals surface area contributed by atoms with E-state index in [9.17, 15) is 0 Å². The molecule has 0 spiro atoms. The predicted octanol–water partition coefficient (Wildman–Crippen LogP) is 2.83. The molecule has 3 aromatic rings. The lowest BCUT2D eigenvalue weighted by molar-refractivity contribution is 0.640. The van der Waals surface area contributed by atoms with Gasteiger partial charge in [-0.15, -0.1) is 0 Å². The number of aromatic amines is 1. The van der Waals surface area contributed by atoms with Gasteiger partial charge in [0.25, 0.3) is 0 Å². The molecule has 112 valence electrons. The van der Waals surface area contributed by atoms with Crippen molar-refractivity contribution in [3.63, 3.8) is 0 Å². The highest BCUT2D eigenvalue weighted by molar-refractivity contribution is 5.49. The highest BCUT2D eigenvalue weighted by Crippen LogP contribution is 2.33. The third-order valence-electron chi connectivity index (χ3n) is 4.23. The van der Waals surface area contributed by atoms with Crippen LogP contribution in [0.5, 0.6) is 0 Å². The van der Waals surface area contributed by atoms with Gasteiger partial charge in [-0.3, -0.25) is 0 Å². The van der Waals surface area contributed by atoms with Crippen molar-refractivity contribution in [3.8, 4) is 6.07 Å². The Morgan fingerprint density at radius 3 is 2.87 bits per heavy atom. The van der Waals surface area contributed by atoms with Gasteiger partial charge >= 0.3 is 0 Å². The maximum Gasteiger partial charge on any atom is 0.130 e. The molecule has 4 rings (SSSR count). The highest BCUT2D eigenvalue weighted by atomic mass is 15.2. The van der Waals surface area contributed by atoms with Gasteiger partial charge in [-0.1, -0.05) is 30.3 Å². The molecule has 0 amide bonds. The van der Waals surface area contributed by atoms with Crippen LogP contribution in [0.3, 0.4) is 0 Å². The Balaban J connectivity index is 1.74. The normalized spacial score (nSPS) is 16.7. The standard InChI is InChI=1S/C18H15N5/c19-9-13-6-7-20-17(8-13)23-10-15(14-4-2-1-3-5-14)18-16(11-23)21-12-22-18/h1-8,12,15H,10-11H2,(H,21,22). The number of fused-ring (bicyclic) bond motifs is 1. The lowest BCUT2D eigenvalue weighted by atomic mass is 9.91. The molecule has 1 unspecified atom stereocenters. The molecule has 1 atom stereocenters. The third-order valence-corrected chi connectivity index (χ3v) is 4.23. The van der Waals surface area contributed by atoms with E-state index in [0.29, 0.717) is 5.56 Å². The number of nitriles is 1. The fourth-order valence-corrected chi connectivity index (χ4v) is 3.10. The summed E-state index contributed by atoms with van der Waals surface area (Å²) in [7, 11) is 0. The van der Waals surface area contributed by atoms with Gasteiger partial charge < -0.3 is 9.88 Å². The number of rotatable bonds is 2. The van der Waals surface area contributed by atoms with Gasteiger partial charge in [0.15, 0.2) is 0 Å². The van der Waals surface area contributed by atoms with E-state index in [-0.39, 0.29) is 5.92 Å². The minimum atomic E-state index is 0.193. The molecule has 1 aliphatic heterocycles. The molecule has 0 saturated carbocycles. The van der Waals surface area contributed by atoms with Crippen LogP contribution in [0.2, 0.25) is 0 Å². The molecule has 1 N–H and O–H groups in total. The molecule has 0 fully saturated rings. The number of imidazole rings is 1. The Labute approximate surface area is 134 Å². The molecule has 3 heterocycles. The summed E-state index contributed by atoms with van der Waals surface area (Å²) < 4.78 is 0. The van der Waals surface area contributed by atoms with Crippen molar-refractivity contribution in [2.75, 3.05) is 11.4 Å². The van der Waals surface area contributed by atoms with Crippen molar-refractivity contribution in [2.45, 2.75) is 12.5 Å². The van der Waals surface area contributed by atoms with Crippen molar-refractivity contribution in [2.24, 2.45) is 0 Å². The summed E-state index contributed by atoms with van der Waals surface area (Å²) in [6, 6.07) is 16.1. The lowest BCUT2D eigenvalue weighted by Gasteiger charge is -2.33. The van der Waals surface area contributed by atoms with Crippen LogP contribution in [-0.2, 0) is 6.54 Å². The van der Waals surface area contributed by atoms with Gasteiger partial charge in [0.1, 0.15) is 5.82 Å². The SMILES string of the molecule is N#Cc1ccnc(N2Cc3[nH]cnc3C(c3ccccc3)C2)c1. The topological polar surface area (TPSA) is 68.6 Å². The fraction of sp³-hybridized carbons (Fsp3) is 0.167. The first-order chi connectivity index (χ1) is 11.3. The zero-order valence-electron chi connectivity index (χ0n) is 12.5. The second kappa shape index (κ2) is 5.58. The van der Waals surface area contributed by atoms with E-state index in [0.717, 1.165) is 30.3 Å². The number of pyridine rings is 1. The van der Waals surface area contributed by atoms with Crippen LogP contribution in [0.1, 0.15) is 28.4 Å². The van der Waals surface area contributed by atoms with Crippen LogP contribution in [0, 0.1) is 11.3 Å². The monoisotopic (exact) mass is 301 g/mol. The number of nitrogens with zero attached hydrogens (tertiary/aromatic N) is 4. The third kappa shape index (κ3) is 2.44. The average molecular weight is 301 g/mol. The largest absolute Gasteiger partial charge is 0.350 e. The first-order valence-electron chi connectivity index (χ1n) is 7.53. The molecule has 0 aliphatic carbocycles. The smallest absolute Gasteiger partial charge is 0.130 e. The van der Waals surface area contributed by atoms with E-state index in [4.69, 9.17) is 5.26 Å². The molecular weight excluding hydrogens is 286 g/mol. The summed E-state index contributed by atoms with van der Waals surface area (Å²) in [4.78, 5) is 14.4. The van der Waals surface area contributed by atoms with Crippen molar-refractivity contribution in [1.29, 1.82) is 5.26 Å². The molecule has 0 bridgehead atoms. The minimum Gasteiger partial charge on any atom is -0.350 e. The Bertz CT molecular complexity index is 862. The number of H-pyrrole nitrogens is 1. The number of hydrogen-bond donors (Lipinski definition) is 1. The van der Waals surface area contributed by atoms with Crippen molar-refractivity contribution >= 4 is 5.82 Å². The van der Waals surface area contributed by atoms with Crippen LogP contribution in [0.15, 0.2) is 55.0 Å². The predicted molar refractivity (Wildman–Crippen MR) is 86.9 cm³/mol. The van der Waals surface area contributed by atoms with E-state index in [2.05, 4.69) is 50.2 Å². The molecule has 5 nitrogen and oxygen atoms in total. The van der Waals surface area contributed by atoms with Crippen molar-refractivity contribution < 1.29 is 0 Å². The Morgan fingerprint density at radius 2 is 2.04 bits per heavy atom. The van der Waals surface area contributed by atoms with E-state index >= 15 is 0 Å². The van der Waals surface area contributed by atoms with Gasteiger partial charge in [-0.2, -0.15) is 5.26 Å².